The fourth-order valence-electron chi connectivity index (χ4n) is 2.87. The van der Waals surface area contributed by atoms with Crippen LogP contribution in [-0.4, -0.2) is 51.0 Å². The van der Waals surface area contributed by atoms with E-state index in [1.165, 1.54) is 5.56 Å². The molecule has 3 aromatic rings. The molecule has 0 atom stereocenters. The van der Waals surface area contributed by atoms with Gasteiger partial charge in [-0.15, -0.1) is 11.3 Å². The van der Waals surface area contributed by atoms with Gasteiger partial charge in [0.1, 0.15) is 10.8 Å². The molecule has 1 aliphatic rings. The predicted molar refractivity (Wildman–Crippen MR) is 102 cm³/mol. The highest BCUT2D eigenvalue weighted by Crippen LogP contribution is 2.23. The Hall–Kier alpha value is -2.29. The summed E-state index contributed by atoms with van der Waals surface area (Å²) in [5, 5.41) is 10.6. The number of morpholine rings is 1. The van der Waals surface area contributed by atoms with Crippen molar-refractivity contribution in [1.82, 2.24) is 24.6 Å². The van der Waals surface area contributed by atoms with Crippen LogP contribution in [-0.2, 0) is 24.9 Å². The molecule has 1 fully saturated rings. The van der Waals surface area contributed by atoms with E-state index in [4.69, 9.17) is 4.74 Å². The van der Waals surface area contributed by atoms with E-state index in [0.717, 1.165) is 54.9 Å². The summed E-state index contributed by atoms with van der Waals surface area (Å²) in [5.41, 5.74) is 3.28. The monoisotopic (exact) mass is 370 g/mol. The molecule has 0 bridgehead atoms. The van der Waals surface area contributed by atoms with Crippen molar-refractivity contribution in [3.8, 4) is 10.6 Å². The van der Waals surface area contributed by atoms with Gasteiger partial charge >= 0.3 is 0 Å². The van der Waals surface area contributed by atoms with Crippen LogP contribution < -0.4 is 5.32 Å². The molecule has 0 aromatic carbocycles. The Labute approximate surface area is 156 Å². The molecular weight excluding hydrogens is 348 g/mol. The van der Waals surface area contributed by atoms with Gasteiger partial charge < -0.3 is 10.1 Å². The zero-order valence-corrected chi connectivity index (χ0v) is 15.6. The molecule has 3 aromatic heterocycles. The van der Waals surface area contributed by atoms with Crippen molar-refractivity contribution >= 4 is 17.2 Å². The molecule has 0 aliphatic carbocycles. The fourth-order valence-corrected chi connectivity index (χ4v) is 3.67. The van der Waals surface area contributed by atoms with Crippen LogP contribution in [0, 0.1) is 0 Å². The summed E-state index contributed by atoms with van der Waals surface area (Å²) in [6, 6.07) is 4.16. The molecule has 0 spiro atoms. The molecule has 0 unspecified atom stereocenters. The first-order valence-electron chi connectivity index (χ1n) is 8.68. The quantitative estimate of drug-likeness (QED) is 0.719. The largest absolute Gasteiger partial charge is 0.379 e. The van der Waals surface area contributed by atoms with E-state index in [1.807, 2.05) is 31.7 Å². The second kappa shape index (κ2) is 7.94. The van der Waals surface area contributed by atoms with Crippen LogP contribution in [0.25, 0.3) is 10.6 Å². The Balaban J connectivity index is 1.31. The van der Waals surface area contributed by atoms with Gasteiger partial charge in [0.05, 0.1) is 31.6 Å². The summed E-state index contributed by atoms with van der Waals surface area (Å²) >= 11 is 1.63. The van der Waals surface area contributed by atoms with Crippen molar-refractivity contribution in [2.75, 3.05) is 31.6 Å². The van der Waals surface area contributed by atoms with Gasteiger partial charge in [0, 0.05) is 50.0 Å². The lowest BCUT2D eigenvalue weighted by Gasteiger charge is -2.26. The average molecular weight is 370 g/mol. The molecule has 26 heavy (non-hydrogen) atoms. The Morgan fingerprint density at radius 2 is 2.12 bits per heavy atom. The number of pyridine rings is 1. The van der Waals surface area contributed by atoms with E-state index in [1.54, 1.807) is 16.0 Å². The first kappa shape index (κ1) is 17.1. The first-order valence-corrected chi connectivity index (χ1v) is 9.56. The van der Waals surface area contributed by atoms with Crippen LogP contribution in [0.2, 0.25) is 0 Å². The molecule has 0 radical (unpaired) electrons. The standard InChI is InChI=1S/C18H22N6OS/c1-23-12-15(9-21-23)18-22-16(13-26-18)10-20-17-3-2-14(8-19-17)11-24-4-6-25-7-5-24/h2-3,8-9,12-13H,4-7,10-11H2,1H3,(H,19,20). The highest BCUT2D eigenvalue weighted by molar-refractivity contribution is 7.13. The van der Waals surface area contributed by atoms with Gasteiger partial charge in [0.15, 0.2) is 0 Å². The Morgan fingerprint density at radius 1 is 1.23 bits per heavy atom. The summed E-state index contributed by atoms with van der Waals surface area (Å²) in [6.45, 7) is 5.21. The zero-order valence-electron chi connectivity index (χ0n) is 14.8. The maximum atomic E-state index is 5.38. The lowest BCUT2D eigenvalue weighted by atomic mass is 10.2. The van der Waals surface area contributed by atoms with Gasteiger partial charge in [0.25, 0.3) is 0 Å². The van der Waals surface area contributed by atoms with E-state index in [2.05, 4.69) is 36.7 Å². The molecule has 1 aliphatic heterocycles. The SMILES string of the molecule is Cn1cc(-c2nc(CNc3ccc(CN4CCOCC4)cn3)cs2)cn1. The topological polar surface area (TPSA) is 68.1 Å². The molecule has 4 rings (SSSR count). The Bertz CT molecular complexity index is 838. The maximum absolute atomic E-state index is 5.38. The molecule has 1 saturated heterocycles. The normalized spacial score (nSPS) is 15.3. The van der Waals surface area contributed by atoms with Gasteiger partial charge in [-0.05, 0) is 11.6 Å². The second-order valence-corrected chi connectivity index (χ2v) is 7.20. The molecule has 4 heterocycles. The Morgan fingerprint density at radius 3 is 2.85 bits per heavy atom. The highest BCUT2D eigenvalue weighted by Gasteiger charge is 2.11. The number of thiazole rings is 1. The molecule has 0 amide bonds. The van der Waals surface area contributed by atoms with Gasteiger partial charge in [-0.3, -0.25) is 9.58 Å². The van der Waals surface area contributed by atoms with Crippen LogP contribution in [0.1, 0.15) is 11.3 Å². The lowest BCUT2D eigenvalue weighted by Crippen LogP contribution is -2.35. The van der Waals surface area contributed by atoms with Crippen LogP contribution in [0.15, 0.2) is 36.1 Å². The number of hydrogen-bond donors (Lipinski definition) is 1. The number of aryl methyl sites for hydroxylation is 1. The van der Waals surface area contributed by atoms with E-state index < -0.39 is 0 Å². The number of ether oxygens (including phenoxy) is 1. The number of anilines is 1. The van der Waals surface area contributed by atoms with E-state index in [0.29, 0.717) is 6.54 Å². The van der Waals surface area contributed by atoms with Gasteiger partial charge in [-0.2, -0.15) is 5.10 Å². The molecule has 136 valence electrons. The average Bonchev–Trinajstić information content (AvgIpc) is 3.31. The minimum absolute atomic E-state index is 0.659. The van der Waals surface area contributed by atoms with E-state index in [-0.39, 0.29) is 0 Å². The maximum Gasteiger partial charge on any atom is 0.126 e. The van der Waals surface area contributed by atoms with E-state index >= 15 is 0 Å². The van der Waals surface area contributed by atoms with Crippen molar-refractivity contribution in [3.05, 3.63) is 47.4 Å². The van der Waals surface area contributed by atoms with Crippen molar-refractivity contribution in [3.63, 3.8) is 0 Å². The van der Waals surface area contributed by atoms with Crippen molar-refractivity contribution in [2.45, 2.75) is 13.1 Å². The van der Waals surface area contributed by atoms with Gasteiger partial charge in [-0.1, -0.05) is 6.07 Å². The summed E-state index contributed by atoms with van der Waals surface area (Å²) in [5.74, 6) is 0.867. The van der Waals surface area contributed by atoms with Crippen molar-refractivity contribution in [2.24, 2.45) is 7.05 Å². The summed E-state index contributed by atoms with van der Waals surface area (Å²) in [7, 11) is 1.91. The minimum Gasteiger partial charge on any atom is -0.379 e. The van der Waals surface area contributed by atoms with Crippen LogP contribution in [0.5, 0.6) is 0 Å². The number of nitrogens with one attached hydrogen (secondary N) is 1. The van der Waals surface area contributed by atoms with Crippen LogP contribution in [0.3, 0.4) is 0 Å². The zero-order chi connectivity index (χ0) is 17.8. The third kappa shape index (κ3) is 4.27. The smallest absolute Gasteiger partial charge is 0.126 e. The molecule has 1 N–H and O–H groups in total. The predicted octanol–water partition coefficient (Wildman–Crippen LogP) is 2.38. The number of rotatable bonds is 6. The highest BCUT2D eigenvalue weighted by atomic mass is 32.1. The third-order valence-corrected chi connectivity index (χ3v) is 5.23. The summed E-state index contributed by atoms with van der Waals surface area (Å²) in [4.78, 5) is 11.6. The molecule has 0 saturated carbocycles. The minimum atomic E-state index is 0.659. The van der Waals surface area contributed by atoms with Gasteiger partial charge in [-0.25, -0.2) is 9.97 Å². The third-order valence-electron chi connectivity index (χ3n) is 4.29. The van der Waals surface area contributed by atoms with E-state index in [9.17, 15) is 0 Å². The van der Waals surface area contributed by atoms with Crippen molar-refractivity contribution < 1.29 is 4.74 Å². The lowest BCUT2D eigenvalue weighted by molar-refractivity contribution is 0.0341. The number of aromatic nitrogens is 4. The van der Waals surface area contributed by atoms with Crippen molar-refractivity contribution in [1.29, 1.82) is 0 Å². The van der Waals surface area contributed by atoms with Gasteiger partial charge in [0.2, 0.25) is 0 Å². The molecule has 7 nitrogen and oxygen atoms in total. The van der Waals surface area contributed by atoms with Crippen LogP contribution >= 0.6 is 11.3 Å². The Kier molecular flexibility index (Phi) is 5.24. The number of nitrogens with zero attached hydrogens (tertiary/aromatic N) is 5. The molecular formula is C18H22N6OS. The summed E-state index contributed by atoms with van der Waals surface area (Å²) in [6.07, 6.45) is 5.76. The first-order chi connectivity index (χ1) is 12.8. The number of hydrogen-bond acceptors (Lipinski definition) is 7. The molecule has 8 heteroatoms. The van der Waals surface area contributed by atoms with Crippen LogP contribution in [0.4, 0.5) is 5.82 Å². The summed E-state index contributed by atoms with van der Waals surface area (Å²) < 4.78 is 7.17. The second-order valence-electron chi connectivity index (χ2n) is 6.34. The fraction of sp³-hybridized carbons (Fsp3) is 0.389.